The highest BCUT2D eigenvalue weighted by molar-refractivity contribution is 5.32. The van der Waals surface area contributed by atoms with Crippen LogP contribution in [0.2, 0.25) is 0 Å². The highest BCUT2D eigenvalue weighted by Crippen LogP contribution is 2.19. The predicted octanol–water partition coefficient (Wildman–Crippen LogP) is 0.459. The lowest BCUT2D eigenvalue weighted by Gasteiger charge is -2.14. The molecule has 1 aromatic carbocycles. The van der Waals surface area contributed by atoms with Crippen molar-refractivity contribution in [2.45, 2.75) is 12.2 Å². The summed E-state index contributed by atoms with van der Waals surface area (Å²) in [5, 5.41) is 19.0. The van der Waals surface area contributed by atoms with Gasteiger partial charge >= 0.3 is 0 Å². The standard InChI is InChI=1S/C14H22O6/c1-17-7-11(15)9-19-13-4-3-5-14(6-13)20-10-12(16)8-18-2/h3-6,11-12,15-16H,7-10H2,1-2H3. The molecule has 20 heavy (non-hydrogen) atoms. The molecule has 0 aromatic heterocycles. The van der Waals surface area contributed by atoms with Crippen LogP contribution in [0.5, 0.6) is 11.5 Å². The van der Waals surface area contributed by atoms with E-state index in [1.807, 2.05) is 0 Å². The molecular weight excluding hydrogens is 264 g/mol. The smallest absolute Gasteiger partial charge is 0.123 e. The Hall–Kier alpha value is -1.34. The summed E-state index contributed by atoms with van der Waals surface area (Å²) in [5.74, 6) is 1.16. The van der Waals surface area contributed by atoms with Crippen molar-refractivity contribution in [1.82, 2.24) is 0 Å². The Morgan fingerprint density at radius 3 is 1.70 bits per heavy atom. The fourth-order valence-corrected chi connectivity index (χ4v) is 1.52. The van der Waals surface area contributed by atoms with Crippen molar-refractivity contribution in [3.8, 4) is 11.5 Å². The van der Waals surface area contributed by atoms with E-state index < -0.39 is 12.2 Å². The van der Waals surface area contributed by atoms with Crippen LogP contribution in [0.25, 0.3) is 0 Å². The molecule has 0 saturated carbocycles. The van der Waals surface area contributed by atoms with Crippen molar-refractivity contribution in [2.75, 3.05) is 40.6 Å². The van der Waals surface area contributed by atoms with Crippen molar-refractivity contribution in [1.29, 1.82) is 0 Å². The van der Waals surface area contributed by atoms with E-state index in [4.69, 9.17) is 18.9 Å². The van der Waals surface area contributed by atoms with Crippen molar-refractivity contribution < 1.29 is 29.2 Å². The van der Waals surface area contributed by atoms with Crippen LogP contribution in [0, 0.1) is 0 Å². The van der Waals surface area contributed by atoms with Crippen LogP contribution in [0.15, 0.2) is 24.3 Å². The predicted molar refractivity (Wildman–Crippen MR) is 73.2 cm³/mol. The molecule has 0 heterocycles. The molecule has 2 atom stereocenters. The number of benzene rings is 1. The average Bonchev–Trinajstić information content (AvgIpc) is 2.44. The molecule has 0 saturated heterocycles. The first-order valence-electron chi connectivity index (χ1n) is 6.35. The summed E-state index contributed by atoms with van der Waals surface area (Å²) in [6, 6.07) is 6.99. The second-order valence-electron chi connectivity index (χ2n) is 4.32. The lowest BCUT2D eigenvalue weighted by Crippen LogP contribution is -2.23. The van der Waals surface area contributed by atoms with Gasteiger partial charge < -0.3 is 29.2 Å². The van der Waals surface area contributed by atoms with Crippen LogP contribution in [0.4, 0.5) is 0 Å². The Morgan fingerprint density at radius 2 is 1.30 bits per heavy atom. The van der Waals surface area contributed by atoms with Gasteiger partial charge in [0.2, 0.25) is 0 Å². The number of ether oxygens (including phenoxy) is 4. The van der Waals surface area contributed by atoms with Gasteiger partial charge in [-0.2, -0.15) is 0 Å². The van der Waals surface area contributed by atoms with E-state index in [1.165, 1.54) is 14.2 Å². The van der Waals surface area contributed by atoms with E-state index in [9.17, 15) is 10.2 Å². The van der Waals surface area contributed by atoms with Gasteiger partial charge in [-0.05, 0) is 12.1 Å². The Kier molecular flexibility index (Phi) is 7.98. The Bertz CT molecular complexity index is 339. The first-order valence-corrected chi connectivity index (χ1v) is 6.35. The van der Waals surface area contributed by atoms with Gasteiger partial charge in [-0.3, -0.25) is 0 Å². The SMILES string of the molecule is COCC(O)COc1cccc(OCC(O)COC)c1. The van der Waals surface area contributed by atoms with E-state index in [2.05, 4.69) is 0 Å². The molecule has 2 N–H and O–H groups in total. The maximum atomic E-state index is 9.49. The highest BCUT2D eigenvalue weighted by atomic mass is 16.5. The van der Waals surface area contributed by atoms with Gasteiger partial charge in [-0.1, -0.05) is 6.07 Å². The van der Waals surface area contributed by atoms with Crippen LogP contribution < -0.4 is 9.47 Å². The minimum Gasteiger partial charge on any atom is -0.491 e. The molecule has 0 amide bonds. The largest absolute Gasteiger partial charge is 0.491 e. The molecule has 0 fully saturated rings. The summed E-state index contributed by atoms with van der Waals surface area (Å²) < 4.78 is 20.5. The lowest BCUT2D eigenvalue weighted by molar-refractivity contribution is 0.0307. The summed E-state index contributed by atoms with van der Waals surface area (Å²) >= 11 is 0. The fraction of sp³-hybridized carbons (Fsp3) is 0.571. The lowest BCUT2D eigenvalue weighted by atomic mass is 10.3. The van der Waals surface area contributed by atoms with Gasteiger partial charge in [-0.15, -0.1) is 0 Å². The van der Waals surface area contributed by atoms with Gasteiger partial charge in [0.05, 0.1) is 13.2 Å². The number of aliphatic hydroxyl groups is 2. The van der Waals surface area contributed by atoms with Crippen molar-refractivity contribution in [2.24, 2.45) is 0 Å². The first kappa shape index (κ1) is 16.7. The third-order valence-corrected chi connectivity index (χ3v) is 2.41. The van der Waals surface area contributed by atoms with Crippen LogP contribution in [0.1, 0.15) is 0 Å². The molecule has 6 nitrogen and oxygen atoms in total. The monoisotopic (exact) mass is 286 g/mol. The van der Waals surface area contributed by atoms with Crippen LogP contribution in [-0.2, 0) is 9.47 Å². The number of aliphatic hydroxyl groups excluding tert-OH is 2. The summed E-state index contributed by atoms with van der Waals surface area (Å²) in [5.41, 5.74) is 0. The molecular formula is C14H22O6. The molecule has 0 aliphatic rings. The molecule has 0 spiro atoms. The van der Waals surface area contributed by atoms with Gasteiger partial charge in [0, 0.05) is 20.3 Å². The third-order valence-electron chi connectivity index (χ3n) is 2.41. The average molecular weight is 286 g/mol. The number of hydrogen-bond acceptors (Lipinski definition) is 6. The second-order valence-corrected chi connectivity index (χ2v) is 4.32. The molecule has 1 aromatic rings. The summed E-state index contributed by atoms with van der Waals surface area (Å²) in [7, 11) is 3.03. The molecule has 0 aliphatic heterocycles. The maximum Gasteiger partial charge on any atom is 0.123 e. The third kappa shape index (κ3) is 6.72. The summed E-state index contributed by atoms with van der Waals surface area (Å²) in [6.07, 6.45) is -1.35. The minimum absolute atomic E-state index is 0.142. The van der Waals surface area contributed by atoms with E-state index >= 15 is 0 Å². The molecule has 2 unspecified atom stereocenters. The molecule has 6 heteroatoms. The van der Waals surface area contributed by atoms with Gasteiger partial charge in [0.15, 0.2) is 0 Å². The number of methoxy groups -OCH3 is 2. The highest BCUT2D eigenvalue weighted by Gasteiger charge is 2.07. The summed E-state index contributed by atoms with van der Waals surface area (Å²) in [6.45, 7) is 0.728. The molecule has 0 bridgehead atoms. The first-order chi connectivity index (χ1) is 9.65. The second kappa shape index (κ2) is 9.55. The van der Waals surface area contributed by atoms with Crippen molar-refractivity contribution >= 4 is 0 Å². The normalized spacial score (nSPS) is 13.8. The fourth-order valence-electron chi connectivity index (χ4n) is 1.52. The van der Waals surface area contributed by atoms with Crippen molar-refractivity contribution in [3.63, 3.8) is 0 Å². The van der Waals surface area contributed by atoms with Gasteiger partial charge in [-0.25, -0.2) is 0 Å². The molecule has 0 radical (unpaired) electrons. The number of rotatable bonds is 10. The molecule has 114 valence electrons. The van der Waals surface area contributed by atoms with E-state index in [0.29, 0.717) is 11.5 Å². The Labute approximate surface area is 118 Å². The zero-order chi connectivity index (χ0) is 14.8. The maximum absolute atomic E-state index is 9.49. The van der Waals surface area contributed by atoms with Gasteiger partial charge in [0.1, 0.15) is 36.9 Å². The minimum atomic E-state index is -0.673. The Morgan fingerprint density at radius 1 is 0.850 bits per heavy atom. The van der Waals surface area contributed by atoms with E-state index in [0.717, 1.165) is 0 Å². The van der Waals surface area contributed by atoms with Crippen LogP contribution in [0.3, 0.4) is 0 Å². The van der Waals surface area contributed by atoms with E-state index in [-0.39, 0.29) is 26.4 Å². The van der Waals surface area contributed by atoms with Gasteiger partial charge in [0.25, 0.3) is 0 Å². The van der Waals surface area contributed by atoms with Crippen molar-refractivity contribution in [3.05, 3.63) is 24.3 Å². The Balaban J connectivity index is 2.41. The molecule has 0 aliphatic carbocycles. The van der Waals surface area contributed by atoms with E-state index in [1.54, 1.807) is 24.3 Å². The number of hydrogen-bond donors (Lipinski definition) is 2. The quantitative estimate of drug-likeness (QED) is 0.650. The zero-order valence-electron chi connectivity index (χ0n) is 11.8. The van der Waals surface area contributed by atoms with Crippen LogP contribution in [-0.4, -0.2) is 63.1 Å². The van der Waals surface area contributed by atoms with Crippen LogP contribution >= 0.6 is 0 Å². The topological polar surface area (TPSA) is 77.4 Å². The zero-order valence-corrected chi connectivity index (χ0v) is 11.8. The molecule has 1 rings (SSSR count). The summed E-state index contributed by atoms with van der Waals surface area (Å²) in [4.78, 5) is 0.